The minimum absolute atomic E-state index is 0.0621. The summed E-state index contributed by atoms with van der Waals surface area (Å²) in [5.41, 5.74) is 6.92. The van der Waals surface area contributed by atoms with Gasteiger partial charge in [-0.15, -0.1) is 0 Å². The molecule has 1 heterocycles. The van der Waals surface area contributed by atoms with Gasteiger partial charge in [-0.3, -0.25) is 0 Å². The van der Waals surface area contributed by atoms with Gasteiger partial charge >= 0.3 is 6.18 Å². The molecule has 0 radical (unpaired) electrons. The lowest BCUT2D eigenvalue weighted by Crippen LogP contribution is -2.57. The summed E-state index contributed by atoms with van der Waals surface area (Å²) in [6.07, 6.45) is -4.20. The lowest BCUT2D eigenvalue weighted by atomic mass is 10.1. The number of nitrogens with two attached hydrogens (primary N) is 1. The molecule has 0 amide bonds. The highest BCUT2D eigenvalue weighted by Gasteiger charge is 2.41. The van der Waals surface area contributed by atoms with Gasteiger partial charge in [0.15, 0.2) is 0 Å². The van der Waals surface area contributed by atoms with Gasteiger partial charge < -0.3 is 16.0 Å². The summed E-state index contributed by atoms with van der Waals surface area (Å²) < 4.78 is 37.8. The minimum atomic E-state index is -4.20. The largest absolute Gasteiger partial charge is 0.405 e. The Morgan fingerprint density at radius 3 is 2.47 bits per heavy atom. The number of halogens is 3. The summed E-state index contributed by atoms with van der Waals surface area (Å²) in [7, 11) is 0. The molecule has 1 atom stereocenters. The molecule has 0 aliphatic carbocycles. The molecule has 6 heteroatoms. The molecular weight excluding hydrogens is 231 g/mol. The van der Waals surface area contributed by atoms with Gasteiger partial charge in [-0.05, 0) is 24.3 Å². The first-order chi connectivity index (χ1) is 7.97. The van der Waals surface area contributed by atoms with Crippen LogP contribution in [0.3, 0.4) is 0 Å². The van der Waals surface area contributed by atoms with Gasteiger partial charge in [0.1, 0.15) is 6.04 Å². The highest BCUT2D eigenvalue weighted by molar-refractivity contribution is 5.53. The van der Waals surface area contributed by atoms with Crippen LogP contribution in [-0.4, -0.2) is 31.9 Å². The van der Waals surface area contributed by atoms with Gasteiger partial charge in [0.05, 0.1) is 0 Å². The molecule has 2 rings (SSSR count). The molecule has 3 nitrogen and oxygen atoms in total. The van der Waals surface area contributed by atoms with E-state index in [-0.39, 0.29) is 6.54 Å². The molecule has 17 heavy (non-hydrogen) atoms. The van der Waals surface area contributed by atoms with Gasteiger partial charge in [-0.2, -0.15) is 13.2 Å². The van der Waals surface area contributed by atoms with Crippen molar-refractivity contribution in [1.29, 1.82) is 0 Å². The van der Waals surface area contributed by atoms with Crippen molar-refractivity contribution in [2.45, 2.75) is 12.2 Å². The van der Waals surface area contributed by atoms with Crippen LogP contribution < -0.4 is 16.0 Å². The van der Waals surface area contributed by atoms with Crippen LogP contribution in [0.15, 0.2) is 24.3 Å². The Bertz CT molecular complexity index is 375. The van der Waals surface area contributed by atoms with Crippen molar-refractivity contribution in [2.75, 3.05) is 30.3 Å². The van der Waals surface area contributed by atoms with Crippen LogP contribution in [0.4, 0.5) is 24.5 Å². The molecule has 0 aromatic heterocycles. The summed E-state index contributed by atoms with van der Waals surface area (Å²) in [6.45, 7) is 0.832. The predicted octanol–water partition coefficient (Wildman–Crippen LogP) is 1.61. The molecule has 1 fully saturated rings. The summed E-state index contributed by atoms with van der Waals surface area (Å²) in [5.74, 6) is 0. The number of nitrogens with one attached hydrogen (secondary N) is 1. The maximum absolute atomic E-state index is 12.6. The number of alkyl halides is 3. The first-order valence-corrected chi connectivity index (χ1v) is 5.37. The van der Waals surface area contributed by atoms with Gasteiger partial charge in [-0.1, -0.05) is 0 Å². The Morgan fingerprint density at radius 1 is 1.24 bits per heavy atom. The first-order valence-electron chi connectivity index (χ1n) is 5.37. The van der Waals surface area contributed by atoms with Crippen molar-refractivity contribution in [1.82, 2.24) is 5.32 Å². The van der Waals surface area contributed by atoms with E-state index in [9.17, 15) is 13.2 Å². The predicted molar refractivity (Wildman–Crippen MR) is 60.9 cm³/mol. The molecule has 1 aromatic carbocycles. The molecule has 0 saturated carbocycles. The molecule has 1 aromatic rings. The van der Waals surface area contributed by atoms with E-state index < -0.39 is 12.2 Å². The maximum atomic E-state index is 12.6. The molecule has 1 saturated heterocycles. The van der Waals surface area contributed by atoms with Crippen LogP contribution in [0.25, 0.3) is 0 Å². The summed E-state index contributed by atoms with van der Waals surface area (Å²) in [6, 6.07) is 5.41. The lowest BCUT2D eigenvalue weighted by molar-refractivity contribution is -0.155. The van der Waals surface area contributed by atoms with Gasteiger partial charge in [0.2, 0.25) is 0 Å². The quantitative estimate of drug-likeness (QED) is 0.738. The Morgan fingerprint density at radius 2 is 1.88 bits per heavy atom. The SMILES string of the molecule is Nc1ccc(N2CCNC(C(F)(F)F)C2)cc1. The zero-order chi connectivity index (χ0) is 12.5. The molecule has 0 bridgehead atoms. The Labute approximate surface area is 97.4 Å². The minimum Gasteiger partial charge on any atom is -0.399 e. The molecular formula is C11H14F3N3. The maximum Gasteiger partial charge on any atom is 0.405 e. The van der Waals surface area contributed by atoms with E-state index in [1.54, 1.807) is 29.2 Å². The molecule has 3 N–H and O–H groups in total. The van der Waals surface area contributed by atoms with Gasteiger partial charge in [-0.25, -0.2) is 0 Å². The van der Waals surface area contributed by atoms with E-state index in [1.807, 2.05) is 0 Å². The molecule has 0 spiro atoms. The highest BCUT2D eigenvalue weighted by Crippen LogP contribution is 2.25. The van der Waals surface area contributed by atoms with Crippen molar-refractivity contribution in [2.24, 2.45) is 0 Å². The third-order valence-electron chi connectivity index (χ3n) is 2.83. The van der Waals surface area contributed by atoms with Crippen molar-refractivity contribution in [3.8, 4) is 0 Å². The fraction of sp³-hybridized carbons (Fsp3) is 0.455. The molecule has 94 valence electrons. The summed E-state index contributed by atoms with van der Waals surface area (Å²) >= 11 is 0. The molecule has 1 unspecified atom stereocenters. The standard InChI is InChI=1S/C11H14F3N3/c12-11(13,14)10-7-17(6-5-16-10)9-3-1-8(15)2-4-9/h1-4,10,16H,5-7,15H2. The fourth-order valence-electron chi connectivity index (χ4n) is 1.89. The number of anilines is 2. The number of piperazine rings is 1. The topological polar surface area (TPSA) is 41.3 Å². The number of rotatable bonds is 1. The van der Waals surface area contributed by atoms with E-state index in [1.165, 1.54) is 0 Å². The third-order valence-corrected chi connectivity index (χ3v) is 2.83. The van der Waals surface area contributed by atoms with Crippen molar-refractivity contribution < 1.29 is 13.2 Å². The summed E-state index contributed by atoms with van der Waals surface area (Å²) in [5, 5.41) is 2.48. The molecule has 1 aliphatic heterocycles. The Kier molecular flexibility index (Phi) is 3.15. The van der Waals surface area contributed by atoms with Gasteiger partial charge in [0, 0.05) is 31.0 Å². The van der Waals surface area contributed by atoms with E-state index >= 15 is 0 Å². The van der Waals surface area contributed by atoms with Crippen LogP contribution >= 0.6 is 0 Å². The van der Waals surface area contributed by atoms with E-state index in [0.29, 0.717) is 18.8 Å². The zero-order valence-corrected chi connectivity index (χ0v) is 9.17. The zero-order valence-electron chi connectivity index (χ0n) is 9.17. The van der Waals surface area contributed by atoms with Crippen LogP contribution in [0, 0.1) is 0 Å². The number of benzene rings is 1. The van der Waals surface area contributed by atoms with Crippen molar-refractivity contribution >= 4 is 11.4 Å². The Balaban J connectivity index is 2.09. The monoisotopic (exact) mass is 245 g/mol. The highest BCUT2D eigenvalue weighted by atomic mass is 19.4. The van der Waals surface area contributed by atoms with Crippen molar-refractivity contribution in [3.05, 3.63) is 24.3 Å². The fourth-order valence-corrected chi connectivity index (χ4v) is 1.89. The van der Waals surface area contributed by atoms with Crippen LogP contribution in [0.1, 0.15) is 0 Å². The van der Waals surface area contributed by atoms with Crippen LogP contribution in [-0.2, 0) is 0 Å². The number of nitrogen functional groups attached to an aromatic ring is 1. The second-order valence-corrected chi connectivity index (χ2v) is 4.09. The van der Waals surface area contributed by atoms with E-state index in [4.69, 9.17) is 5.73 Å². The second-order valence-electron chi connectivity index (χ2n) is 4.09. The number of hydrogen-bond donors (Lipinski definition) is 2. The Hall–Kier alpha value is -1.43. The van der Waals surface area contributed by atoms with Crippen LogP contribution in [0.5, 0.6) is 0 Å². The number of nitrogens with zero attached hydrogens (tertiary/aromatic N) is 1. The van der Waals surface area contributed by atoms with E-state index in [0.717, 1.165) is 5.69 Å². The smallest absolute Gasteiger partial charge is 0.399 e. The van der Waals surface area contributed by atoms with Gasteiger partial charge in [0.25, 0.3) is 0 Å². The van der Waals surface area contributed by atoms with Crippen molar-refractivity contribution in [3.63, 3.8) is 0 Å². The van der Waals surface area contributed by atoms with E-state index in [2.05, 4.69) is 5.32 Å². The average Bonchev–Trinajstić information content (AvgIpc) is 2.29. The summed E-state index contributed by atoms with van der Waals surface area (Å²) in [4.78, 5) is 1.72. The first kappa shape index (κ1) is 12.0. The normalized spacial score (nSPS) is 21.6. The third kappa shape index (κ3) is 2.82. The average molecular weight is 245 g/mol. The second kappa shape index (κ2) is 4.44. The number of hydrogen-bond acceptors (Lipinski definition) is 3. The van der Waals surface area contributed by atoms with Crippen LogP contribution in [0.2, 0.25) is 0 Å². The molecule has 1 aliphatic rings. The lowest BCUT2D eigenvalue weighted by Gasteiger charge is -2.36.